The van der Waals surface area contributed by atoms with Crippen LogP contribution in [0.5, 0.6) is 0 Å². The van der Waals surface area contributed by atoms with Crippen molar-refractivity contribution in [3.05, 3.63) is 21.4 Å². The summed E-state index contributed by atoms with van der Waals surface area (Å²) in [5.74, 6) is 0.922. The first-order chi connectivity index (χ1) is 5.77. The van der Waals surface area contributed by atoms with Crippen LogP contribution in [0.4, 0.5) is 5.82 Å². The quantitative estimate of drug-likeness (QED) is 0.578. The fraction of sp³-hybridized carbons (Fsp3) is 0.250. The Bertz CT molecular complexity index is 338. The first kappa shape index (κ1) is 7.97. The van der Waals surface area contributed by atoms with Crippen molar-refractivity contribution in [2.45, 2.75) is 6.42 Å². The highest BCUT2D eigenvalue weighted by atomic mass is 127. The SMILES string of the molecule is O=C1CCNc2nc(I)ccc21. The van der Waals surface area contributed by atoms with E-state index in [-0.39, 0.29) is 5.78 Å². The van der Waals surface area contributed by atoms with Crippen LogP contribution >= 0.6 is 22.6 Å². The van der Waals surface area contributed by atoms with Gasteiger partial charge in [-0.05, 0) is 34.7 Å². The molecule has 3 nitrogen and oxygen atoms in total. The van der Waals surface area contributed by atoms with Gasteiger partial charge in [-0.3, -0.25) is 4.79 Å². The molecule has 1 aliphatic heterocycles. The number of hydrogen-bond donors (Lipinski definition) is 1. The molecular formula is C8H7IN2O. The maximum absolute atomic E-state index is 11.3. The number of fused-ring (bicyclic) bond motifs is 1. The molecule has 0 saturated carbocycles. The number of halogens is 1. The summed E-state index contributed by atoms with van der Waals surface area (Å²) in [6, 6.07) is 3.68. The number of ketones is 1. The van der Waals surface area contributed by atoms with Crippen LogP contribution in [-0.4, -0.2) is 17.3 Å². The van der Waals surface area contributed by atoms with E-state index in [1.54, 1.807) is 0 Å². The van der Waals surface area contributed by atoms with Gasteiger partial charge in [-0.25, -0.2) is 4.98 Å². The number of anilines is 1. The smallest absolute Gasteiger partial charge is 0.168 e. The Morgan fingerprint density at radius 3 is 3.17 bits per heavy atom. The van der Waals surface area contributed by atoms with Crippen LogP contribution in [0.2, 0.25) is 0 Å². The number of nitrogens with zero attached hydrogens (tertiary/aromatic N) is 1. The van der Waals surface area contributed by atoms with Gasteiger partial charge in [0, 0.05) is 13.0 Å². The number of nitrogens with one attached hydrogen (secondary N) is 1. The topological polar surface area (TPSA) is 42.0 Å². The molecule has 2 heterocycles. The molecule has 2 rings (SSSR count). The largest absolute Gasteiger partial charge is 0.369 e. The van der Waals surface area contributed by atoms with Crippen LogP contribution in [0.25, 0.3) is 0 Å². The summed E-state index contributed by atoms with van der Waals surface area (Å²) in [7, 11) is 0. The van der Waals surface area contributed by atoms with E-state index in [4.69, 9.17) is 0 Å². The molecule has 0 saturated heterocycles. The van der Waals surface area contributed by atoms with Gasteiger partial charge in [0.1, 0.15) is 9.52 Å². The Balaban J connectivity index is 2.53. The molecule has 0 aromatic carbocycles. The molecule has 62 valence electrons. The lowest BCUT2D eigenvalue weighted by Gasteiger charge is -2.15. The molecule has 0 fully saturated rings. The Hall–Kier alpha value is -0.650. The minimum Gasteiger partial charge on any atom is -0.369 e. The van der Waals surface area contributed by atoms with Crippen LogP contribution in [-0.2, 0) is 0 Å². The van der Waals surface area contributed by atoms with E-state index < -0.39 is 0 Å². The molecule has 0 amide bonds. The molecule has 1 aliphatic rings. The normalized spacial score (nSPS) is 15.2. The Kier molecular flexibility index (Phi) is 2.00. The van der Waals surface area contributed by atoms with Crippen molar-refractivity contribution in [3.8, 4) is 0 Å². The third kappa shape index (κ3) is 1.31. The summed E-state index contributed by atoms with van der Waals surface area (Å²) in [5, 5.41) is 3.10. The second-order valence-corrected chi connectivity index (χ2v) is 3.74. The summed E-state index contributed by atoms with van der Waals surface area (Å²) < 4.78 is 0.911. The van der Waals surface area contributed by atoms with Crippen LogP contribution < -0.4 is 5.32 Å². The average Bonchev–Trinajstić information content (AvgIpc) is 2.04. The Morgan fingerprint density at radius 1 is 1.50 bits per heavy atom. The maximum atomic E-state index is 11.3. The number of Topliss-reactive ketones (excluding diaryl/α,β-unsaturated/α-hetero) is 1. The standard InChI is InChI=1S/C8H7IN2O/c9-7-2-1-5-6(12)3-4-10-8(5)11-7/h1-2H,3-4H2,(H,10,11). The molecule has 0 bridgehead atoms. The minimum atomic E-state index is 0.188. The van der Waals surface area contributed by atoms with E-state index in [1.807, 2.05) is 12.1 Å². The van der Waals surface area contributed by atoms with Gasteiger partial charge in [0.2, 0.25) is 0 Å². The number of hydrogen-bond acceptors (Lipinski definition) is 3. The van der Waals surface area contributed by atoms with Gasteiger partial charge in [0.25, 0.3) is 0 Å². The zero-order chi connectivity index (χ0) is 8.55. The average molecular weight is 274 g/mol. The lowest BCUT2D eigenvalue weighted by molar-refractivity contribution is 0.0983. The second-order valence-electron chi connectivity index (χ2n) is 2.63. The number of rotatable bonds is 0. The summed E-state index contributed by atoms with van der Waals surface area (Å²) in [4.78, 5) is 15.5. The van der Waals surface area contributed by atoms with Crippen molar-refractivity contribution in [2.75, 3.05) is 11.9 Å². The summed E-state index contributed by atoms with van der Waals surface area (Å²) in [5.41, 5.74) is 0.724. The van der Waals surface area contributed by atoms with Gasteiger partial charge >= 0.3 is 0 Å². The van der Waals surface area contributed by atoms with Crippen molar-refractivity contribution in [3.63, 3.8) is 0 Å². The molecular weight excluding hydrogens is 267 g/mol. The predicted octanol–water partition coefficient (Wildman–Crippen LogP) is 1.68. The highest BCUT2D eigenvalue weighted by Gasteiger charge is 2.17. The van der Waals surface area contributed by atoms with Crippen molar-refractivity contribution in [2.24, 2.45) is 0 Å². The minimum absolute atomic E-state index is 0.188. The van der Waals surface area contributed by atoms with E-state index in [9.17, 15) is 4.79 Å². The Labute approximate surface area is 83.7 Å². The lowest BCUT2D eigenvalue weighted by Crippen LogP contribution is -2.19. The highest BCUT2D eigenvalue weighted by molar-refractivity contribution is 14.1. The Morgan fingerprint density at radius 2 is 2.33 bits per heavy atom. The summed E-state index contributed by atoms with van der Waals surface area (Å²) >= 11 is 2.13. The van der Waals surface area contributed by atoms with Crippen LogP contribution in [0, 0.1) is 3.70 Å². The van der Waals surface area contributed by atoms with Gasteiger partial charge < -0.3 is 5.32 Å². The summed E-state index contributed by atoms with van der Waals surface area (Å²) in [6.07, 6.45) is 0.579. The van der Waals surface area contributed by atoms with Crippen molar-refractivity contribution in [1.82, 2.24) is 4.98 Å². The predicted molar refractivity (Wildman–Crippen MR) is 54.4 cm³/mol. The summed E-state index contributed by atoms with van der Waals surface area (Å²) in [6.45, 7) is 0.707. The molecule has 0 spiro atoms. The zero-order valence-corrected chi connectivity index (χ0v) is 8.46. The van der Waals surface area contributed by atoms with E-state index >= 15 is 0 Å². The molecule has 4 heteroatoms. The van der Waals surface area contributed by atoms with Crippen LogP contribution in [0.3, 0.4) is 0 Å². The van der Waals surface area contributed by atoms with Gasteiger partial charge in [0.15, 0.2) is 5.78 Å². The van der Waals surface area contributed by atoms with Gasteiger partial charge in [-0.15, -0.1) is 0 Å². The molecule has 1 N–H and O–H groups in total. The number of aromatic nitrogens is 1. The van der Waals surface area contributed by atoms with E-state index in [0.717, 1.165) is 15.1 Å². The molecule has 0 radical (unpaired) electrons. The van der Waals surface area contributed by atoms with Gasteiger partial charge in [-0.2, -0.15) is 0 Å². The molecule has 1 aromatic rings. The van der Waals surface area contributed by atoms with Crippen LogP contribution in [0.1, 0.15) is 16.8 Å². The second kappa shape index (κ2) is 3.01. The van der Waals surface area contributed by atoms with Gasteiger partial charge in [-0.1, -0.05) is 0 Å². The number of carbonyl (C=O) groups excluding carboxylic acids is 1. The third-order valence-corrected chi connectivity index (χ3v) is 2.41. The van der Waals surface area contributed by atoms with Gasteiger partial charge in [0.05, 0.1) is 5.56 Å². The van der Waals surface area contributed by atoms with Crippen molar-refractivity contribution >= 4 is 34.2 Å². The maximum Gasteiger partial charge on any atom is 0.168 e. The fourth-order valence-corrected chi connectivity index (χ4v) is 1.65. The number of pyridine rings is 1. The molecule has 0 aliphatic carbocycles. The van der Waals surface area contributed by atoms with E-state index in [2.05, 4.69) is 32.9 Å². The fourth-order valence-electron chi connectivity index (χ4n) is 1.22. The van der Waals surface area contributed by atoms with Crippen LogP contribution in [0.15, 0.2) is 12.1 Å². The van der Waals surface area contributed by atoms with Crippen molar-refractivity contribution < 1.29 is 4.79 Å². The first-order valence-electron chi connectivity index (χ1n) is 3.71. The third-order valence-electron chi connectivity index (χ3n) is 1.81. The first-order valence-corrected chi connectivity index (χ1v) is 4.79. The highest BCUT2D eigenvalue weighted by Crippen LogP contribution is 2.19. The number of carbonyl (C=O) groups is 1. The monoisotopic (exact) mass is 274 g/mol. The van der Waals surface area contributed by atoms with E-state index in [1.165, 1.54) is 0 Å². The molecule has 0 atom stereocenters. The molecule has 1 aromatic heterocycles. The van der Waals surface area contributed by atoms with Crippen molar-refractivity contribution in [1.29, 1.82) is 0 Å². The molecule has 12 heavy (non-hydrogen) atoms. The lowest BCUT2D eigenvalue weighted by atomic mass is 10.1. The zero-order valence-electron chi connectivity index (χ0n) is 6.30. The van der Waals surface area contributed by atoms with E-state index in [0.29, 0.717) is 13.0 Å². The molecule has 0 unspecified atom stereocenters.